The number of piperidine rings is 1. The van der Waals surface area contributed by atoms with E-state index in [0.29, 0.717) is 12.8 Å². The van der Waals surface area contributed by atoms with Gasteiger partial charge in [-0.25, -0.2) is 0 Å². The van der Waals surface area contributed by atoms with Gasteiger partial charge in [0, 0.05) is 18.8 Å². The van der Waals surface area contributed by atoms with Crippen LogP contribution in [0.2, 0.25) is 0 Å². The van der Waals surface area contributed by atoms with E-state index in [0.717, 1.165) is 5.56 Å². The van der Waals surface area contributed by atoms with Crippen molar-refractivity contribution < 1.29 is 9.59 Å². The Labute approximate surface area is 82.1 Å². The molecule has 1 N–H and O–H groups in total. The van der Waals surface area contributed by atoms with E-state index in [1.54, 1.807) is 0 Å². The standard InChI is InChI=1S/C11H11NO2/c13-10-6-9(7-11(14)12-10)8-4-2-1-3-5-8/h1-5,9H,6-7H2,(H,12,13,14). The Morgan fingerprint density at radius 1 is 1.00 bits per heavy atom. The van der Waals surface area contributed by atoms with Gasteiger partial charge in [-0.05, 0) is 5.56 Å². The molecule has 72 valence electrons. The molecule has 3 heteroatoms. The number of carbonyl (C=O) groups excluding carboxylic acids is 2. The summed E-state index contributed by atoms with van der Waals surface area (Å²) in [6.45, 7) is 0. The lowest BCUT2D eigenvalue weighted by Gasteiger charge is -2.20. The zero-order chi connectivity index (χ0) is 9.97. The molecule has 1 heterocycles. The van der Waals surface area contributed by atoms with E-state index in [1.165, 1.54) is 0 Å². The maximum absolute atomic E-state index is 11.1. The van der Waals surface area contributed by atoms with Crippen LogP contribution in [0.15, 0.2) is 30.3 Å². The van der Waals surface area contributed by atoms with Gasteiger partial charge < -0.3 is 0 Å². The van der Waals surface area contributed by atoms with Gasteiger partial charge in [-0.3, -0.25) is 14.9 Å². The fraction of sp³-hybridized carbons (Fsp3) is 0.273. The molecule has 1 aliphatic rings. The highest BCUT2D eigenvalue weighted by Gasteiger charge is 2.25. The highest BCUT2D eigenvalue weighted by Crippen LogP contribution is 2.25. The van der Waals surface area contributed by atoms with Crippen LogP contribution >= 0.6 is 0 Å². The fourth-order valence-corrected chi connectivity index (χ4v) is 1.74. The van der Waals surface area contributed by atoms with Crippen LogP contribution < -0.4 is 5.32 Å². The number of hydrogen-bond donors (Lipinski definition) is 1. The molecule has 0 bridgehead atoms. The van der Waals surface area contributed by atoms with Crippen LogP contribution in [0.1, 0.15) is 24.3 Å². The third kappa shape index (κ3) is 1.82. The van der Waals surface area contributed by atoms with Crippen LogP contribution in [0.5, 0.6) is 0 Å². The van der Waals surface area contributed by atoms with E-state index in [1.807, 2.05) is 30.3 Å². The van der Waals surface area contributed by atoms with Gasteiger partial charge in [0.15, 0.2) is 0 Å². The minimum Gasteiger partial charge on any atom is -0.296 e. The predicted octanol–water partition coefficient (Wildman–Crippen LogP) is 1.21. The van der Waals surface area contributed by atoms with Crippen LogP contribution in [0, 0.1) is 0 Å². The Bertz CT molecular complexity index is 343. The molecule has 0 spiro atoms. The highest BCUT2D eigenvalue weighted by molar-refractivity contribution is 5.98. The zero-order valence-electron chi connectivity index (χ0n) is 7.69. The number of carbonyl (C=O) groups is 2. The number of rotatable bonds is 1. The topological polar surface area (TPSA) is 46.2 Å². The first-order chi connectivity index (χ1) is 6.75. The Hall–Kier alpha value is -1.64. The van der Waals surface area contributed by atoms with Crippen LogP contribution in [0.3, 0.4) is 0 Å². The summed E-state index contributed by atoms with van der Waals surface area (Å²) in [6, 6.07) is 9.68. The van der Waals surface area contributed by atoms with E-state index in [9.17, 15) is 9.59 Å². The lowest BCUT2D eigenvalue weighted by atomic mass is 9.89. The molecule has 1 aromatic carbocycles. The molecule has 1 fully saturated rings. The number of amides is 2. The minimum absolute atomic E-state index is 0.0532. The lowest BCUT2D eigenvalue weighted by molar-refractivity contribution is -0.133. The van der Waals surface area contributed by atoms with E-state index in [4.69, 9.17) is 0 Å². The van der Waals surface area contributed by atoms with E-state index in [2.05, 4.69) is 5.32 Å². The highest BCUT2D eigenvalue weighted by atomic mass is 16.2. The van der Waals surface area contributed by atoms with Crippen molar-refractivity contribution in [1.82, 2.24) is 5.32 Å². The first-order valence-corrected chi connectivity index (χ1v) is 4.63. The van der Waals surface area contributed by atoms with Crippen molar-refractivity contribution in [2.45, 2.75) is 18.8 Å². The van der Waals surface area contributed by atoms with Crippen molar-refractivity contribution in [2.75, 3.05) is 0 Å². The summed E-state index contributed by atoms with van der Waals surface area (Å²) < 4.78 is 0. The van der Waals surface area contributed by atoms with E-state index in [-0.39, 0.29) is 17.7 Å². The molecule has 0 aliphatic carbocycles. The molecule has 1 saturated heterocycles. The molecule has 0 radical (unpaired) electrons. The summed E-state index contributed by atoms with van der Waals surface area (Å²) >= 11 is 0. The molecule has 2 amide bonds. The molecule has 0 aromatic heterocycles. The van der Waals surface area contributed by atoms with Gasteiger partial charge >= 0.3 is 0 Å². The number of benzene rings is 1. The first-order valence-electron chi connectivity index (χ1n) is 4.63. The third-order valence-electron chi connectivity index (χ3n) is 2.41. The largest absolute Gasteiger partial charge is 0.296 e. The minimum atomic E-state index is -0.171. The van der Waals surface area contributed by atoms with Gasteiger partial charge in [0.2, 0.25) is 11.8 Å². The van der Waals surface area contributed by atoms with Gasteiger partial charge in [-0.15, -0.1) is 0 Å². The summed E-state index contributed by atoms with van der Waals surface area (Å²) in [5.74, 6) is -0.289. The van der Waals surface area contributed by atoms with Crippen molar-refractivity contribution in [3.05, 3.63) is 35.9 Å². The van der Waals surface area contributed by atoms with Crippen molar-refractivity contribution in [3.63, 3.8) is 0 Å². The summed E-state index contributed by atoms with van der Waals surface area (Å²) in [5.41, 5.74) is 1.07. The molecule has 1 aliphatic heterocycles. The molecule has 3 nitrogen and oxygen atoms in total. The van der Waals surface area contributed by atoms with Crippen molar-refractivity contribution in [2.24, 2.45) is 0 Å². The summed E-state index contributed by atoms with van der Waals surface area (Å²) in [7, 11) is 0. The molecule has 0 atom stereocenters. The van der Waals surface area contributed by atoms with Crippen LogP contribution in [-0.2, 0) is 9.59 Å². The monoisotopic (exact) mass is 189 g/mol. The van der Waals surface area contributed by atoms with Gasteiger partial charge in [-0.1, -0.05) is 30.3 Å². The predicted molar refractivity (Wildman–Crippen MR) is 51.6 cm³/mol. The molecule has 14 heavy (non-hydrogen) atoms. The van der Waals surface area contributed by atoms with Gasteiger partial charge in [0.1, 0.15) is 0 Å². The molecule has 2 rings (SSSR count). The van der Waals surface area contributed by atoms with Crippen LogP contribution in [-0.4, -0.2) is 11.8 Å². The second kappa shape index (κ2) is 3.62. The maximum Gasteiger partial charge on any atom is 0.227 e. The van der Waals surface area contributed by atoms with Gasteiger partial charge in [-0.2, -0.15) is 0 Å². The molecule has 1 aromatic rings. The average molecular weight is 189 g/mol. The molecular formula is C11H11NO2. The third-order valence-corrected chi connectivity index (χ3v) is 2.41. The van der Waals surface area contributed by atoms with Gasteiger partial charge in [0.25, 0.3) is 0 Å². The normalized spacial score (nSPS) is 18.0. The fourth-order valence-electron chi connectivity index (χ4n) is 1.74. The molecule has 0 unspecified atom stereocenters. The zero-order valence-corrected chi connectivity index (χ0v) is 7.69. The Kier molecular flexibility index (Phi) is 2.31. The smallest absolute Gasteiger partial charge is 0.227 e. The Balaban J connectivity index is 2.19. The maximum atomic E-state index is 11.1. The number of hydrogen-bond acceptors (Lipinski definition) is 2. The quantitative estimate of drug-likeness (QED) is 0.675. The Morgan fingerprint density at radius 2 is 1.57 bits per heavy atom. The van der Waals surface area contributed by atoms with E-state index >= 15 is 0 Å². The molecular weight excluding hydrogens is 178 g/mol. The van der Waals surface area contributed by atoms with Gasteiger partial charge in [0.05, 0.1) is 0 Å². The van der Waals surface area contributed by atoms with Crippen LogP contribution in [0.25, 0.3) is 0 Å². The summed E-state index contributed by atoms with van der Waals surface area (Å²) in [5, 5.41) is 2.30. The van der Waals surface area contributed by atoms with Crippen molar-refractivity contribution in [3.8, 4) is 0 Å². The Morgan fingerprint density at radius 3 is 2.14 bits per heavy atom. The second-order valence-electron chi connectivity index (χ2n) is 3.49. The summed E-state index contributed by atoms with van der Waals surface area (Å²) in [6.07, 6.45) is 0.825. The number of imide groups is 1. The molecule has 0 saturated carbocycles. The average Bonchev–Trinajstić information content (AvgIpc) is 2.18. The van der Waals surface area contributed by atoms with Crippen LogP contribution in [0.4, 0.5) is 0 Å². The van der Waals surface area contributed by atoms with Crippen molar-refractivity contribution >= 4 is 11.8 Å². The number of nitrogens with one attached hydrogen (secondary N) is 1. The second-order valence-corrected chi connectivity index (χ2v) is 3.49. The first kappa shape index (κ1) is 8.94. The van der Waals surface area contributed by atoms with E-state index < -0.39 is 0 Å². The summed E-state index contributed by atoms with van der Waals surface area (Å²) in [4.78, 5) is 22.3. The SMILES string of the molecule is O=C1CC(c2ccccc2)CC(=O)N1. The lowest BCUT2D eigenvalue weighted by Crippen LogP contribution is -2.37. The van der Waals surface area contributed by atoms with Crippen molar-refractivity contribution in [1.29, 1.82) is 0 Å².